The lowest BCUT2D eigenvalue weighted by Crippen LogP contribution is -2.29. The zero-order chi connectivity index (χ0) is 13.7. The fourth-order valence-electron chi connectivity index (χ4n) is 1.54. The van der Waals surface area contributed by atoms with Crippen LogP contribution in [-0.2, 0) is 10.0 Å². The maximum Gasteiger partial charge on any atom is 0.211 e. The predicted molar refractivity (Wildman–Crippen MR) is 81.8 cm³/mol. The van der Waals surface area contributed by atoms with Crippen molar-refractivity contribution in [2.75, 3.05) is 37.4 Å². The molecule has 0 aromatic heterocycles. The summed E-state index contributed by atoms with van der Waals surface area (Å²) in [5.74, 6) is 1.39. The minimum Gasteiger partial charge on any atom is -0.317 e. The molecule has 0 aliphatic carbocycles. The van der Waals surface area contributed by atoms with Crippen molar-refractivity contribution in [2.24, 2.45) is 0 Å². The van der Waals surface area contributed by atoms with Crippen molar-refractivity contribution in [1.29, 1.82) is 0 Å². The van der Waals surface area contributed by atoms with Crippen LogP contribution in [0.4, 0.5) is 0 Å². The van der Waals surface area contributed by atoms with E-state index in [1.165, 1.54) is 6.42 Å². The first-order valence-electron chi connectivity index (χ1n) is 6.79. The highest BCUT2D eigenvalue weighted by Gasteiger charge is 2.08. The van der Waals surface area contributed by atoms with Crippen LogP contribution in [0.5, 0.6) is 0 Å². The molecule has 0 spiro atoms. The third kappa shape index (κ3) is 12.7. The topological polar surface area (TPSA) is 58.2 Å². The monoisotopic (exact) mass is 296 g/mol. The van der Waals surface area contributed by atoms with Crippen LogP contribution in [-0.4, -0.2) is 45.8 Å². The number of unbranched alkanes of at least 4 members (excludes halogenated alkanes) is 2. The Morgan fingerprint density at radius 3 is 2.44 bits per heavy atom. The number of sulfonamides is 1. The highest BCUT2D eigenvalue weighted by Crippen LogP contribution is 2.01. The van der Waals surface area contributed by atoms with E-state index in [0.717, 1.165) is 38.1 Å². The van der Waals surface area contributed by atoms with Crippen molar-refractivity contribution in [3.8, 4) is 0 Å². The Kier molecular flexibility index (Phi) is 12.4. The van der Waals surface area contributed by atoms with E-state index in [9.17, 15) is 8.42 Å². The van der Waals surface area contributed by atoms with Crippen molar-refractivity contribution in [2.45, 2.75) is 39.0 Å². The largest absolute Gasteiger partial charge is 0.317 e. The average Bonchev–Trinajstić information content (AvgIpc) is 2.33. The number of thioether (sulfide) groups is 1. The normalized spacial score (nSPS) is 11.9. The van der Waals surface area contributed by atoms with Crippen molar-refractivity contribution in [3.05, 3.63) is 0 Å². The summed E-state index contributed by atoms with van der Waals surface area (Å²) >= 11 is 1.84. The summed E-state index contributed by atoms with van der Waals surface area (Å²) in [5.41, 5.74) is 0. The van der Waals surface area contributed by atoms with Gasteiger partial charge in [0.15, 0.2) is 0 Å². The van der Waals surface area contributed by atoms with Crippen LogP contribution < -0.4 is 10.0 Å². The number of hydrogen-bond donors (Lipinski definition) is 2. The van der Waals surface area contributed by atoms with Crippen LogP contribution in [0, 0.1) is 0 Å². The van der Waals surface area contributed by atoms with E-state index in [0.29, 0.717) is 13.0 Å². The van der Waals surface area contributed by atoms with Gasteiger partial charge in [0.1, 0.15) is 0 Å². The van der Waals surface area contributed by atoms with Gasteiger partial charge in [-0.05, 0) is 50.8 Å². The van der Waals surface area contributed by atoms with E-state index in [-0.39, 0.29) is 5.75 Å². The molecule has 0 rings (SSSR count). The minimum atomic E-state index is -3.06. The second-order valence-electron chi connectivity index (χ2n) is 4.37. The average molecular weight is 297 g/mol. The van der Waals surface area contributed by atoms with Crippen LogP contribution in [0.2, 0.25) is 0 Å². The van der Waals surface area contributed by atoms with Gasteiger partial charge in [0.2, 0.25) is 10.0 Å². The molecule has 0 amide bonds. The first-order valence-corrected chi connectivity index (χ1v) is 9.84. The number of rotatable bonds is 13. The van der Waals surface area contributed by atoms with Crippen LogP contribution in [0.3, 0.4) is 0 Å². The molecule has 0 bridgehead atoms. The standard InChI is InChI=1S/C12H28N2O2S2/c1-3-8-13-9-7-12-18(15,16)14-10-5-4-6-11-17-2/h13-14H,3-12H2,1-2H3. The predicted octanol–water partition coefficient (Wildman–Crippen LogP) is 1.83. The number of nitrogens with one attached hydrogen (secondary N) is 2. The SMILES string of the molecule is CCCNCCCS(=O)(=O)NCCCCCSC. The summed E-state index contributed by atoms with van der Waals surface area (Å²) in [5, 5.41) is 3.20. The smallest absolute Gasteiger partial charge is 0.211 e. The van der Waals surface area contributed by atoms with Gasteiger partial charge in [0.05, 0.1) is 5.75 Å². The van der Waals surface area contributed by atoms with Crippen molar-refractivity contribution in [3.63, 3.8) is 0 Å². The lowest BCUT2D eigenvalue weighted by atomic mass is 10.2. The first-order chi connectivity index (χ1) is 8.62. The second kappa shape index (κ2) is 12.3. The van der Waals surface area contributed by atoms with Gasteiger partial charge in [0.25, 0.3) is 0 Å². The quantitative estimate of drug-likeness (QED) is 0.509. The third-order valence-corrected chi connectivity index (χ3v) is 4.71. The van der Waals surface area contributed by atoms with E-state index in [1.807, 2.05) is 11.8 Å². The number of hydrogen-bond acceptors (Lipinski definition) is 4. The molecule has 18 heavy (non-hydrogen) atoms. The Hall–Kier alpha value is 0.220. The summed E-state index contributed by atoms with van der Waals surface area (Å²) in [6.07, 6.45) is 7.07. The van der Waals surface area contributed by atoms with Crippen LogP contribution in [0.15, 0.2) is 0 Å². The molecular weight excluding hydrogens is 268 g/mol. The molecular formula is C12H28N2O2S2. The maximum absolute atomic E-state index is 11.6. The van der Waals surface area contributed by atoms with Gasteiger partial charge < -0.3 is 5.32 Å². The van der Waals surface area contributed by atoms with E-state index in [4.69, 9.17) is 0 Å². The molecule has 0 aromatic rings. The summed E-state index contributed by atoms with van der Waals surface area (Å²) in [6.45, 7) is 4.42. The molecule has 0 heterocycles. The lowest BCUT2D eigenvalue weighted by Gasteiger charge is -2.07. The van der Waals surface area contributed by atoms with Gasteiger partial charge in [0, 0.05) is 6.54 Å². The molecule has 0 saturated heterocycles. The summed E-state index contributed by atoms with van der Waals surface area (Å²) in [4.78, 5) is 0. The van der Waals surface area contributed by atoms with Gasteiger partial charge in [-0.15, -0.1) is 0 Å². The third-order valence-electron chi connectivity index (χ3n) is 2.54. The highest BCUT2D eigenvalue weighted by molar-refractivity contribution is 7.98. The Balaban J connectivity index is 3.43. The molecule has 6 heteroatoms. The minimum absolute atomic E-state index is 0.231. The van der Waals surface area contributed by atoms with Gasteiger partial charge in [-0.1, -0.05) is 13.3 Å². The summed E-state index contributed by atoms with van der Waals surface area (Å²) in [7, 11) is -3.06. The summed E-state index contributed by atoms with van der Waals surface area (Å²) in [6, 6.07) is 0. The van der Waals surface area contributed by atoms with Crippen molar-refractivity contribution >= 4 is 21.8 Å². The molecule has 0 aliphatic heterocycles. The van der Waals surface area contributed by atoms with E-state index in [2.05, 4.69) is 23.2 Å². The Morgan fingerprint density at radius 1 is 1.00 bits per heavy atom. The Morgan fingerprint density at radius 2 is 1.78 bits per heavy atom. The van der Waals surface area contributed by atoms with Gasteiger partial charge in [-0.25, -0.2) is 13.1 Å². The fourth-order valence-corrected chi connectivity index (χ4v) is 3.15. The molecule has 0 radical (unpaired) electrons. The second-order valence-corrected chi connectivity index (χ2v) is 7.28. The first kappa shape index (κ1) is 18.2. The molecule has 2 N–H and O–H groups in total. The molecule has 0 unspecified atom stereocenters. The van der Waals surface area contributed by atoms with Crippen molar-refractivity contribution in [1.82, 2.24) is 10.0 Å². The molecule has 0 aromatic carbocycles. The van der Waals surface area contributed by atoms with Crippen LogP contribution >= 0.6 is 11.8 Å². The highest BCUT2D eigenvalue weighted by atomic mass is 32.2. The Bertz CT molecular complexity index is 269. The fraction of sp³-hybridized carbons (Fsp3) is 1.00. The van der Waals surface area contributed by atoms with Crippen LogP contribution in [0.1, 0.15) is 39.0 Å². The van der Waals surface area contributed by atoms with E-state index in [1.54, 1.807) is 0 Å². The molecule has 0 aliphatic rings. The molecule has 0 fully saturated rings. The zero-order valence-electron chi connectivity index (χ0n) is 11.7. The van der Waals surface area contributed by atoms with Gasteiger partial charge in [-0.3, -0.25) is 0 Å². The van der Waals surface area contributed by atoms with E-state index >= 15 is 0 Å². The summed E-state index contributed by atoms with van der Waals surface area (Å²) < 4.78 is 25.9. The van der Waals surface area contributed by atoms with Gasteiger partial charge >= 0.3 is 0 Å². The van der Waals surface area contributed by atoms with Gasteiger partial charge in [-0.2, -0.15) is 11.8 Å². The van der Waals surface area contributed by atoms with Crippen molar-refractivity contribution < 1.29 is 8.42 Å². The molecule has 110 valence electrons. The maximum atomic E-state index is 11.6. The van der Waals surface area contributed by atoms with Crippen LogP contribution in [0.25, 0.3) is 0 Å². The van der Waals surface area contributed by atoms with E-state index < -0.39 is 10.0 Å². The zero-order valence-corrected chi connectivity index (χ0v) is 13.3. The Labute approximate surface area is 117 Å². The molecule has 0 atom stereocenters. The molecule has 0 saturated carbocycles. The molecule has 4 nitrogen and oxygen atoms in total. The lowest BCUT2D eigenvalue weighted by molar-refractivity contribution is 0.570.